The van der Waals surface area contributed by atoms with Crippen LogP contribution in [0.2, 0.25) is 0 Å². The zero-order valence-corrected chi connectivity index (χ0v) is 21.0. The van der Waals surface area contributed by atoms with Gasteiger partial charge < -0.3 is 9.47 Å². The third kappa shape index (κ3) is 3.89. The van der Waals surface area contributed by atoms with Gasteiger partial charge in [0.25, 0.3) is 0 Å². The van der Waals surface area contributed by atoms with Crippen molar-refractivity contribution >= 4 is 11.8 Å². The molecular formula is C30H38O2. The highest BCUT2D eigenvalue weighted by molar-refractivity contribution is 5.78. The molecule has 0 N–H and O–H groups in total. The van der Waals surface area contributed by atoms with Gasteiger partial charge in [0.1, 0.15) is 23.9 Å². The van der Waals surface area contributed by atoms with Gasteiger partial charge in [-0.1, -0.05) is 73.6 Å². The predicted octanol–water partition coefficient (Wildman–Crippen LogP) is 8.56. The molecule has 2 aliphatic heterocycles. The van der Waals surface area contributed by atoms with Crippen LogP contribution in [0.5, 0.6) is 11.5 Å². The maximum atomic E-state index is 6.81. The second kappa shape index (κ2) is 8.81. The van der Waals surface area contributed by atoms with Gasteiger partial charge in [-0.15, -0.1) is 0 Å². The number of allylic oxidation sites excluding steroid dienone is 1. The standard InChI is InChI=1S/C30H38O2/c1-17(2)21-11-12-22(18(3)4)30-23(21)13-14-27(32-30)26-16-25(19(5)6)29-24(10-9-15-31-29)28(26)20(7)8/h9-12,14,16-20H,13,15H2,1-8H3. The first kappa shape index (κ1) is 22.7. The van der Waals surface area contributed by atoms with E-state index in [2.05, 4.69) is 91.8 Å². The summed E-state index contributed by atoms with van der Waals surface area (Å²) in [6.07, 6.45) is 7.58. The van der Waals surface area contributed by atoms with Crippen LogP contribution in [0.4, 0.5) is 0 Å². The topological polar surface area (TPSA) is 18.5 Å². The van der Waals surface area contributed by atoms with Gasteiger partial charge in [0.05, 0.1) is 0 Å². The second-order valence-corrected chi connectivity index (χ2v) is 10.4. The molecule has 2 heterocycles. The molecule has 4 rings (SSSR count). The zero-order chi connectivity index (χ0) is 23.2. The highest BCUT2D eigenvalue weighted by Crippen LogP contribution is 2.46. The van der Waals surface area contributed by atoms with Gasteiger partial charge in [-0.2, -0.15) is 0 Å². The minimum Gasteiger partial charge on any atom is -0.489 e. The Hall–Kier alpha value is -2.48. The number of benzene rings is 2. The molecule has 2 heteroatoms. The second-order valence-electron chi connectivity index (χ2n) is 10.4. The first-order valence-corrected chi connectivity index (χ1v) is 12.2. The number of fused-ring (bicyclic) bond motifs is 2. The quantitative estimate of drug-likeness (QED) is 0.473. The van der Waals surface area contributed by atoms with Crippen LogP contribution in [0, 0.1) is 0 Å². The van der Waals surface area contributed by atoms with Gasteiger partial charge in [-0.3, -0.25) is 0 Å². The lowest BCUT2D eigenvalue weighted by Crippen LogP contribution is -2.15. The van der Waals surface area contributed by atoms with Crippen LogP contribution in [0.25, 0.3) is 11.8 Å². The van der Waals surface area contributed by atoms with Crippen molar-refractivity contribution in [1.82, 2.24) is 0 Å². The van der Waals surface area contributed by atoms with Gasteiger partial charge >= 0.3 is 0 Å². The first-order valence-electron chi connectivity index (χ1n) is 12.2. The monoisotopic (exact) mass is 430 g/mol. The normalized spacial score (nSPS) is 15.1. The Bertz CT molecular complexity index is 1080. The molecule has 0 atom stereocenters. The lowest BCUT2D eigenvalue weighted by atomic mass is 9.83. The van der Waals surface area contributed by atoms with E-state index in [1.165, 1.54) is 38.9 Å². The molecule has 0 bridgehead atoms. The minimum absolute atomic E-state index is 0.365. The molecule has 2 nitrogen and oxygen atoms in total. The lowest BCUT2D eigenvalue weighted by molar-refractivity contribution is 0.352. The Labute approximate surface area is 194 Å². The van der Waals surface area contributed by atoms with Crippen molar-refractivity contribution in [2.24, 2.45) is 0 Å². The van der Waals surface area contributed by atoms with Crippen LogP contribution in [0.3, 0.4) is 0 Å². The maximum absolute atomic E-state index is 6.81. The summed E-state index contributed by atoms with van der Waals surface area (Å²) < 4.78 is 13.0. The summed E-state index contributed by atoms with van der Waals surface area (Å²) in [6, 6.07) is 6.91. The van der Waals surface area contributed by atoms with Crippen LogP contribution in [0.15, 0.2) is 30.4 Å². The van der Waals surface area contributed by atoms with E-state index >= 15 is 0 Å². The Kier molecular flexibility index (Phi) is 6.25. The Morgan fingerprint density at radius 1 is 0.750 bits per heavy atom. The van der Waals surface area contributed by atoms with E-state index in [9.17, 15) is 0 Å². The molecule has 0 radical (unpaired) electrons. The number of rotatable bonds is 5. The van der Waals surface area contributed by atoms with E-state index in [-0.39, 0.29) is 0 Å². The van der Waals surface area contributed by atoms with Crippen LogP contribution < -0.4 is 9.47 Å². The van der Waals surface area contributed by atoms with Crippen molar-refractivity contribution in [1.29, 1.82) is 0 Å². The molecule has 0 saturated carbocycles. The van der Waals surface area contributed by atoms with Gasteiger partial charge in [0, 0.05) is 16.7 Å². The van der Waals surface area contributed by atoms with E-state index in [4.69, 9.17) is 9.47 Å². The van der Waals surface area contributed by atoms with Crippen LogP contribution in [-0.2, 0) is 6.42 Å². The SMILES string of the molecule is CC(C)c1ccc(C(C)C)c2c1CC=C(c1cc(C(C)C)c3c(c1C(C)C)C=CCO3)O2. The lowest BCUT2D eigenvalue weighted by Gasteiger charge is -2.30. The average Bonchev–Trinajstić information content (AvgIpc) is 2.76. The molecule has 0 saturated heterocycles. The fourth-order valence-corrected chi connectivity index (χ4v) is 5.10. The summed E-state index contributed by atoms with van der Waals surface area (Å²) >= 11 is 0. The number of ether oxygens (including phenoxy) is 2. The van der Waals surface area contributed by atoms with Crippen molar-refractivity contribution < 1.29 is 9.47 Å². The first-order chi connectivity index (χ1) is 15.2. The Morgan fingerprint density at radius 3 is 2.03 bits per heavy atom. The predicted molar refractivity (Wildman–Crippen MR) is 136 cm³/mol. The smallest absolute Gasteiger partial charge is 0.134 e. The number of hydrogen-bond donors (Lipinski definition) is 0. The van der Waals surface area contributed by atoms with Crippen LogP contribution >= 0.6 is 0 Å². The van der Waals surface area contributed by atoms with Gasteiger partial charge in [-0.25, -0.2) is 0 Å². The van der Waals surface area contributed by atoms with E-state index < -0.39 is 0 Å². The fraction of sp³-hybridized carbons (Fsp3) is 0.467. The molecule has 0 fully saturated rings. The highest BCUT2D eigenvalue weighted by Gasteiger charge is 2.28. The largest absolute Gasteiger partial charge is 0.489 e. The van der Waals surface area contributed by atoms with Crippen molar-refractivity contribution in [2.45, 2.75) is 85.5 Å². The summed E-state index contributed by atoms with van der Waals surface area (Å²) in [5.41, 5.74) is 9.07. The average molecular weight is 431 g/mol. The maximum Gasteiger partial charge on any atom is 0.134 e. The molecule has 0 spiro atoms. The van der Waals surface area contributed by atoms with Crippen molar-refractivity contribution in [2.75, 3.05) is 6.61 Å². The minimum atomic E-state index is 0.365. The van der Waals surface area contributed by atoms with Gasteiger partial charge in [-0.05, 0) is 70.6 Å². The summed E-state index contributed by atoms with van der Waals surface area (Å²) in [5.74, 6) is 4.76. The van der Waals surface area contributed by atoms with Crippen molar-refractivity contribution in [3.05, 3.63) is 69.3 Å². The van der Waals surface area contributed by atoms with Crippen LogP contribution in [-0.4, -0.2) is 6.61 Å². The number of hydrogen-bond acceptors (Lipinski definition) is 2. The van der Waals surface area contributed by atoms with E-state index in [1.54, 1.807) is 0 Å². The Morgan fingerprint density at radius 2 is 1.41 bits per heavy atom. The third-order valence-corrected chi connectivity index (χ3v) is 6.74. The zero-order valence-electron chi connectivity index (χ0n) is 21.0. The van der Waals surface area contributed by atoms with E-state index in [0.717, 1.165) is 23.7 Å². The molecule has 32 heavy (non-hydrogen) atoms. The highest BCUT2D eigenvalue weighted by atomic mass is 16.5. The third-order valence-electron chi connectivity index (χ3n) is 6.74. The molecule has 0 aromatic heterocycles. The van der Waals surface area contributed by atoms with E-state index in [1.807, 2.05) is 0 Å². The molecule has 170 valence electrons. The molecule has 2 aromatic carbocycles. The summed E-state index contributed by atoms with van der Waals surface area (Å²) in [4.78, 5) is 0. The summed E-state index contributed by atoms with van der Waals surface area (Å²) in [7, 11) is 0. The summed E-state index contributed by atoms with van der Waals surface area (Å²) in [6.45, 7) is 18.7. The van der Waals surface area contributed by atoms with Gasteiger partial charge in [0.2, 0.25) is 0 Å². The molecule has 2 aromatic rings. The fourth-order valence-electron chi connectivity index (χ4n) is 5.10. The summed E-state index contributed by atoms with van der Waals surface area (Å²) in [5, 5.41) is 0. The van der Waals surface area contributed by atoms with Crippen LogP contribution in [0.1, 0.15) is 118 Å². The van der Waals surface area contributed by atoms with Gasteiger partial charge in [0.15, 0.2) is 0 Å². The molecule has 0 unspecified atom stereocenters. The molecular weight excluding hydrogens is 392 g/mol. The molecule has 2 aliphatic rings. The van der Waals surface area contributed by atoms with Crippen molar-refractivity contribution in [3.63, 3.8) is 0 Å². The Balaban J connectivity index is 1.91. The molecule has 0 aliphatic carbocycles. The molecule has 0 amide bonds. The van der Waals surface area contributed by atoms with E-state index in [0.29, 0.717) is 30.3 Å². The van der Waals surface area contributed by atoms with Crippen molar-refractivity contribution in [3.8, 4) is 11.5 Å².